The van der Waals surface area contributed by atoms with Gasteiger partial charge < -0.3 is 67.9 Å². The summed E-state index contributed by atoms with van der Waals surface area (Å²) in [7, 11) is 1.61. The Bertz CT molecular complexity index is 5060. The quantitative estimate of drug-likeness (QED) is 0.0360. The zero-order chi connectivity index (χ0) is 73.1. The number of aromatic nitrogens is 8. The highest BCUT2D eigenvalue weighted by atomic mass is 16.5. The van der Waals surface area contributed by atoms with Crippen molar-refractivity contribution in [2.24, 2.45) is 0 Å². The van der Waals surface area contributed by atoms with Crippen LogP contribution in [0.1, 0.15) is 41.5 Å². The molecular formula is C76H79N17O10. The van der Waals surface area contributed by atoms with E-state index in [4.69, 9.17) is 46.6 Å². The Morgan fingerprint density at radius 1 is 0.437 bits per heavy atom. The smallest absolute Gasteiger partial charge is 0.260 e. The maximum absolute atomic E-state index is 11.9. The number of amides is 4. The number of benzene rings is 8. The summed E-state index contributed by atoms with van der Waals surface area (Å²) in [5, 5.41) is 13.9. The third kappa shape index (κ3) is 20.5. The SMILES string of the molecule is CC(=O)Nc1ccc(-c2ccc3nc(N)[nH]c(=O)c3c2)cc1.CC(=O)Nc1ccc(-c2ccc3nc(N)nc(OC(C)C)c3c2)cc1.CC(=O)Nc1ccc(-c2ccc3nc(N)nc(OCCN4CCOCC4)c3c2)cc1.COCCOc1nc(N)nc2ccc(-c3ccc(NC(C)=O)cc3)cc12. The first-order valence-electron chi connectivity index (χ1n) is 32.8. The molecule has 1 aliphatic heterocycles. The van der Waals surface area contributed by atoms with Crippen LogP contribution in [0, 0.1) is 0 Å². The van der Waals surface area contributed by atoms with Crippen LogP contribution in [0.25, 0.3) is 88.1 Å². The molecule has 0 bridgehead atoms. The number of morpholine rings is 1. The summed E-state index contributed by atoms with van der Waals surface area (Å²) in [6.07, 6.45) is -0.0157. The van der Waals surface area contributed by atoms with Gasteiger partial charge in [0.1, 0.15) is 13.2 Å². The third-order valence-corrected chi connectivity index (χ3v) is 15.5. The molecule has 13 N–H and O–H groups in total. The Morgan fingerprint density at radius 2 is 0.757 bits per heavy atom. The van der Waals surface area contributed by atoms with Gasteiger partial charge in [-0.25, -0.2) is 19.9 Å². The number of methoxy groups -OCH3 is 1. The van der Waals surface area contributed by atoms with Gasteiger partial charge in [-0.2, -0.15) is 15.0 Å². The molecule has 0 unspecified atom stereocenters. The van der Waals surface area contributed by atoms with Crippen molar-refractivity contribution in [2.45, 2.75) is 47.6 Å². The number of nitrogen functional groups attached to an aromatic ring is 4. The van der Waals surface area contributed by atoms with Crippen LogP contribution in [0.15, 0.2) is 175 Å². The van der Waals surface area contributed by atoms with Gasteiger partial charge in [0.05, 0.1) is 69.5 Å². The molecule has 1 saturated heterocycles. The highest BCUT2D eigenvalue weighted by Crippen LogP contribution is 2.34. The molecule has 4 aromatic heterocycles. The van der Waals surface area contributed by atoms with Crippen molar-refractivity contribution in [3.8, 4) is 62.1 Å². The van der Waals surface area contributed by atoms with E-state index in [1.165, 1.54) is 27.7 Å². The number of nitrogens with zero attached hydrogens (tertiary/aromatic N) is 8. The second kappa shape index (κ2) is 34.4. The number of fused-ring (bicyclic) bond motifs is 4. The van der Waals surface area contributed by atoms with Crippen LogP contribution in [0.4, 0.5) is 46.5 Å². The van der Waals surface area contributed by atoms with Crippen molar-refractivity contribution in [3.05, 3.63) is 180 Å². The molecule has 0 atom stereocenters. The number of hydrogen-bond donors (Lipinski definition) is 9. The van der Waals surface area contributed by atoms with Crippen molar-refractivity contribution in [1.29, 1.82) is 0 Å². The highest BCUT2D eigenvalue weighted by molar-refractivity contribution is 5.95. The molecule has 4 amide bonds. The standard InChI is InChI=1S/C22H25N5O3.C19H20N4O3.C19H20N4O2.C16H14N4O2/c1-15(28)24-18-5-2-16(3-6-18)17-4-7-20-19(14-17)21(26-22(23)25-20)30-13-10-27-8-11-29-12-9-27;1-12(24)21-15-6-3-13(4-7-15)14-5-8-17-16(11-14)18(23-19(20)22-17)26-10-9-25-2;1-11(2)25-18-16-10-14(6-9-17(16)22-19(20)23-18)13-4-7-15(8-5-13)21-12(3)24;1-9(21)18-12-5-2-10(3-6-12)11-4-7-14-13(8-11)15(22)20-16(17)19-14/h2-7,14H,8-13H2,1H3,(H,24,28)(H2,23,25,26);3-8,11H,9-10H2,1-2H3,(H,21,24)(H2,20,22,23);4-11H,1-3H3,(H,21,24)(H2,20,22,23);2-8H,1H3,(H,18,21)(H3,17,19,20,22). The Balaban J connectivity index is 0.000000148. The zero-order valence-electron chi connectivity index (χ0n) is 57.9. The van der Waals surface area contributed by atoms with Gasteiger partial charge in [0, 0.05) is 77.2 Å². The fraction of sp³-hybridized carbons (Fsp3) is 0.211. The lowest BCUT2D eigenvalue weighted by atomic mass is 10.0. The Hall–Kier alpha value is -12.7. The predicted molar refractivity (Wildman–Crippen MR) is 403 cm³/mol. The molecule has 0 aliphatic carbocycles. The average molecular weight is 1390 g/mol. The van der Waals surface area contributed by atoms with E-state index < -0.39 is 0 Å². The summed E-state index contributed by atoms with van der Waals surface area (Å²) in [5.74, 6) is 1.64. The summed E-state index contributed by atoms with van der Waals surface area (Å²) < 4.78 is 27.9. The third-order valence-electron chi connectivity index (χ3n) is 15.5. The van der Waals surface area contributed by atoms with E-state index in [-0.39, 0.29) is 59.1 Å². The van der Waals surface area contributed by atoms with Crippen LogP contribution < -0.4 is 64.0 Å². The Kier molecular flexibility index (Phi) is 24.4. The number of nitrogens with one attached hydrogen (secondary N) is 5. The Morgan fingerprint density at radius 3 is 1.11 bits per heavy atom. The van der Waals surface area contributed by atoms with Crippen LogP contribution in [-0.4, -0.2) is 134 Å². The number of hydrogen-bond acceptors (Lipinski definition) is 22. The van der Waals surface area contributed by atoms with Crippen LogP contribution in [0.5, 0.6) is 17.6 Å². The summed E-state index contributed by atoms with van der Waals surface area (Å²) in [6.45, 7) is 15.3. The molecule has 8 aromatic carbocycles. The fourth-order valence-corrected chi connectivity index (χ4v) is 10.9. The van der Waals surface area contributed by atoms with E-state index in [1.54, 1.807) is 19.2 Å². The fourth-order valence-electron chi connectivity index (χ4n) is 10.9. The summed E-state index contributed by atoms with van der Waals surface area (Å²) in [6, 6.07) is 53.3. The number of rotatable bonds is 18. The maximum atomic E-state index is 11.9. The van der Waals surface area contributed by atoms with Gasteiger partial charge in [-0.15, -0.1) is 0 Å². The predicted octanol–water partition coefficient (Wildman–Crippen LogP) is 11.2. The average Bonchev–Trinajstić information content (AvgIpc) is 0.808. The lowest BCUT2D eigenvalue weighted by molar-refractivity contribution is -0.115. The van der Waals surface area contributed by atoms with Gasteiger partial charge in [-0.3, -0.25) is 33.9 Å². The van der Waals surface area contributed by atoms with Crippen LogP contribution >= 0.6 is 0 Å². The van der Waals surface area contributed by atoms with Crippen molar-refractivity contribution in [1.82, 2.24) is 44.8 Å². The molecule has 13 rings (SSSR count). The van der Waals surface area contributed by atoms with Crippen molar-refractivity contribution >= 4 is 114 Å². The minimum Gasteiger partial charge on any atom is -0.476 e. The van der Waals surface area contributed by atoms with E-state index in [0.717, 1.165) is 127 Å². The number of carbonyl (C=O) groups excluding carboxylic acids is 4. The van der Waals surface area contributed by atoms with Crippen molar-refractivity contribution < 1.29 is 42.9 Å². The lowest BCUT2D eigenvalue weighted by Gasteiger charge is -2.26. The van der Waals surface area contributed by atoms with E-state index in [9.17, 15) is 24.0 Å². The van der Waals surface area contributed by atoms with Gasteiger partial charge in [0.15, 0.2) is 0 Å². The van der Waals surface area contributed by atoms with Gasteiger partial charge >= 0.3 is 0 Å². The van der Waals surface area contributed by atoms with Crippen molar-refractivity contribution in [2.75, 3.05) is 104 Å². The van der Waals surface area contributed by atoms with E-state index >= 15 is 0 Å². The molecule has 103 heavy (non-hydrogen) atoms. The molecule has 0 spiro atoms. The zero-order valence-corrected chi connectivity index (χ0v) is 57.9. The Labute approximate surface area is 592 Å². The molecule has 5 heterocycles. The number of aromatic amines is 1. The largest absolute Gasteiger partial charge is 0.476 e. The number of H-pyrrole nitrogens is 1. The summed E-state index contributed by atoms with van der Waals surface area (Å²) in [5.41, 5.74) is 36.3. The first-order valence-corrected chi connectivity index (χ1v) is 32.8. The monoisotopic (exact) mass is 1390 g/mol. The molecule has 12 aromatic rings. The minimum atomic E-state index is -0.265. The number of ether oxygens (including phenoxy) is 5. The molecule has 1 fully saturated rings. The molecule has 27 heteroatoms. The second-order valence-electron chi connectivity index (χ2n) is 23.9. The van der Waals surface area contributed by atoms with E-state index in [1.807, 2.05) is 172 Å². The summed E-state index contributed by atoms with van der Waals surface area (Å²) in [4.78, 5) is 90.9. The second-order valence-corrected chi connectivity index (χ2v) is 23.9. The number of nitrogens with two attached hydrogens (primary N) is 4. The lowest BCUT2D eigenvalue weighted by Crippen LogP contribution is -2.38. The van der Waals surface area contributed by atoms with Crippen molar-refractivity contribution in [3.63, 3.8) is 0 Å². The van der Waals surface area contributed by atoms with Gasteiger partial charge in [-0.05, 0) is 155 Å². The normalized spacial score (nSPS) is 11.8. The van der Waals surface area contributed by atoms with E-state index in [2.05, 4.69) is 66.0 Å². The van der Waals surface area contributed by atoms with Crippen LogP contribution in [0.2, 0.25) is 0 Å². The number of anilines is 8. The highest BCUT2D eigenvalue weighted by Gasteiger charge is 2.17. The minimum absolute atomic E-state index is 0.0157. The molecule has 0 radical (unpaired) electrons. The van der Waals surface area contributed by atoms with Gasteiger partial charge in [-0.1, -0.05) is 72.8 Å². The number of carbonyl (C=O) groups is 4. The molecule has 27 nitrogen and oxygen atoms in total. The van der Waals surface area contributed by atoms with Gasteiger partial charge in [0.2, 0.25) is 65.1 Å². The molecule has 1 aliphatic rings. The first kappa shape index (κ1) is 73.0. The topological polar surface area (TPSA) is 393 Å². The van der Waals surface area contributed by atoms with E-state index in [0.29, 0.717) is 53.9 Å². The van der Waals surface area contributed by atoms with Crippen LogP contribution in [0.3, 0.4) is 0 Å². The first-order chi connectivity index (χ1) is 49.6. The molecule has 0 saturated carbocycles. The maximum Gasteiger partial charge on any atom is 0.260 e. The van der Waals surface area contributed by atoms with Crippen LogP contribution in [-0.2, 0) is 28.7 Å². The molecular weight excluding hydrogens is 1310 g/mol. The summed E-state index contributed by atoms with van der Waals surface area (Å²) >= 11 is 0. The molecule has 528 valence electrons. The van der Waals surface area contributed by atoms with Gasteiger partial charge in [0.25, 0.3) is 5.56 Å².